The Kier molecular flexibility index (Phi) is 3.76. The number of ether oxygens (including phenoxy) is 1. The molecule has 0 fully saturated rings. The Bertz CT molecular complexity index is 493. The summed E-state index contributed by atoms with van der Waals surface area (Å²) in [6, 6.07) is 3.62. The first kappa shape index (κ1) is 13.8. The molecule has 0 aliphatic heterocycles. The molecule has 0 saturated heterocycles. The number of nitro groups is 1. The molecule has 3 N–H and O–H groups in total. The van der Waals surface area contributed by atoms with Crippen LogP contribution in [0.25, 0.3) is 0 Å². The summed E-state index contributed by atoms with van der Waals surface area (Å²) in [5, 5.41) is 10.7. The number of hydrogen-bond acceptors (Lipinski definition) is 5. The molecule has 1 rings (SSSR count). The van der Waals surface area contributed by atoms with Gasteiger partial charge in [-0.25, -0.2) is 5.84 Å². The van der Waals surface area contributed by atoms with Crippen molar-refractivity contribution in [1.82, 2.24) is 5.43 Å². The maximum absolute atomic E-state index is 13.2. The number of halogens is 2. The monoisotopic (exact) mass is 261 g/mol. The summed E-state index contributed by atoms with van der Waals surface area (Å²) in [6.07, 6.45) is -4.30. The molecule has 0 unspecified atom stereocenters. The van der Waals surface area contributed by atoms with E-state index < -0.39 is 28.4 Å². The molecular weight excluding hydrogens is 252 g/mol. The number of benzene rings is 1. The molecule has 0 atom stereocenters. The van der Waals surface area contributed by atoms with Gasteiger partial charge in [0.2, 0.25) is 5.75 Å². The van der Waals surface area contributed by atoms with E-state index in [1.165, 1.54) is 24.5 Å². The molecule has 1 amide bonds. The summed E-state index contributed by atoms with van der Waals surface area (Å²) in [7, 11) is 0. The van der Waals surface area contributed by atoms with E-state index in [1.54, 1.807) is 0 Å². The van der Waals surface area contributed by atoms with Crippen LogP contribution in [0, 0.1) is 17.0 Å². The molecule has 98 valence electrons. The van der Waals surface area contributed by atoms with Crippen LogP contribution in [0.3, 0.4) is 0 Å². The molecule has 0 heterocycles. The molecule has 9 heteroatoms. The summed E-state index contributed by atoms with van der Waals surface area (Å²) in [5.41, 5.74) is 0.634. The van der Waals surface area contributed by atoms with Gasteiger partial charge in [-0.3, -0.25) is 20.3 Å². The molecule has 0 bridgehead atoms. The number of carbonyl (C=O) groups is 1. The number of hydrogen-bond donors (Lipinski definition) is 2. The van der Waals surface area contributed by atoms with Gasteiger partial charge in [-0.2, -0.15) is 8.78 Å². The van der Waals surface area contributed by atoms with Crippen molar-refractivity contribution in [2.24, 2.45) is 5.84 Å². The summed E-state index contributed by atoms with van der Waals surface area (Å²) >= 11 is 0. The predicted octanol–water partition coefficient (Wildman–Crippen LogP) is 0.865. The van der Waals surface area contributed by atoms with Crippen LogP contribution in [0.5, 0.6) is 5.75 Å². The number of alkyl halides is 2. The van der Waals surface area contributed by atoms with Crippen molar-refractivity contribution in [2.75, 3.05) is 0 Å². The van der Waals surface area contributed by atoms with Gasteiger partial charge in [0.05, 0.1) is 4.92 Å². The number of nitrogens with two attached hydrogens (primary N) is 1. The maximum Gasteiger partial charge on any atom is 0.483 e. The second kappa shape index (κ2) is 4.92. The third kappa shape index (κ3) is 2.69. The second-order valence-electron chi connectivity index (χ2n) is 3.27. The number of hydrazine groups is 1. The van der Waals surface area contributed by atoms with Crippen molar-refractivity contribution < 1.29 is 23.2 Å². The lowest BCUT2D eigenvalue weighted by atomic mass is 10.2. The molecule has 0 saturated carbocycles. The van der Waals surface area contributed by atoms with Crippen molar-refractivity contribution >= 4 is 11.6 Å². The number of nitro benzene ring substituents is 1. The summed E-state index contributed by atoms with van der Waals surface area (Å²) in [6.45, 7) is 1.33. The number of aryl methyl sites for hydroxylation is 1. The average molecular weight is 261 g/mol. The fraction of sp³-hybridized carbons (Fsp3) is 0.222. The first-order chi connectivity index (χ1) is 8.29. The molecule has 1 aromatic carbocycles. The zero-order valence-electron chi connectivity index (χ0n) is 9.15. The molecule has 18 heavy (non-hydrogen) atoms. The van der Waals surface area contributed by atoms with Crippen LogP contribution in [-0.4, -0.2) is 16.9 Å². The molecule has 0 radical (unpaired) electrons. The Hall–Kier alpha value is -2.29. The van der Waals surface area contributed by atoms with Crippen LogP contribution in [0.15, 0.2) is 18.2 Å². The van der Waals surface area contributed by atoms with Crippen molar-refractivity contribution in [2.45, 2.75) is 13.0 Å². The minimum absolute atomic E-state index is 0.0914. The van der Waals surface area contributed by atoms with Crippen LogP contribution in [0.2, 0.25) is 0 Å². The van der Waals surface area contributed by atoms with E-state index in [0.29, 0.717) is 0 Å². The number of nitrogens with one attached hydrogen (secondary N) is 1. The van der Waals surface area contributed by atoms with Gasteiger partial charge < -0.3 is 4.74 Å². The molecule has 0 aliphatic carbocycles. The first-order valence-corrected chi connectivity index (χ1v) is 4.61. The van der Waals surface area contributed by atoms with E-state index >= 15 is 0 Å². The highest BCUT2D eigenvalue weighted by Gasteiger charge is 2.43. The number of para-hydroxylation sites is 1. The van der Waals surface area contributed by atoms with Crippen LogP contribution >= 0.6 is 0 Å². The van der Waals surface area contributed by atoms with Crippen LogP contribution < -0.4 is 16.0 Å². The summed E-state index contributed by atoms with van der Waals surface area (Å²) in [4.78, 5) is 20.5. The Labute approximate surface area is 99.6 Å². The lowest BCUT2D eigenvalue weighted by Crippen LogP contribution is -2.47. The number of rotatable bonds is 4. The van der Waals surface area contributed by atoms with Crippen molar-refractivity contribution in [1.29, 1.82) is 0 Å². The van der Waals surface area contributed by atoms with Gasteiger partial charge in [0.25, 0.3) is 0 Å². The zero-order valence-corrected chi connectivity index (χ0v) is 9.15. The van der Waals surface area contributed by atoms with Gasteiger partial charge in [0.15, 0.2) is 0 Å². The maximum atomic E-state index is 13.2. The van der Waals surface area contributed by atoms with E-state index in [2.05, 4.69) is 10.6 Å². The van der Waals surface area contributed by atoms with Gasteiger partial charge in [0.1, 0.15) is 0 Å². The van der Waals surface area contributed by atoms with E-state index in [4.69, 9.17) is 0 Å². The molecule has 1 aromatic rings. The topological polar surface area (TPSA) is 107 Å². The molecule has 0 aliphatic rings. The van der Waals surface area contributed by atoms with Crippen molar-refractivity contribution in [3.63, 3.8) is 0 Å². The summed E-state index contributed by atoms with van der Waals surface area (Å²) in [5.74, 6) is 1.97. The number of carbonyl (C=O) groups excluding carboxylic acids is 1. The third-order valence-corrected chi connectivity index (χ3v) is 2.01. The molecule has 0 aromatic heterocycles. The standard InChI is InChI=1S/C9H9F2N3O4/c1-5-3-2-4-6(14(16)17)7(5)18-9(10,11)8(15)13-12/h2-4H,12H2,1H3,(H,13,15). The molecular formula is C9H9F2N3O4. The Morgan fingerprint density at radius 2 is 2.17 bits per heavy atom. The van der Waals surface area contributed by atoms with Crippen LogP contribution in [0.1, 0.15) is 5.56 Å². The predicted molar refractivity (Wildman–Crippen MR) is 55.7 cm³/mol. The second-order valence-corrected chi connectivity index (χ2v) is 3.27. The average Bonchev–Trinajstić information content (AvgIpc) is 2.30. The smallest absolute Gasteiger partial charge is 0.418 e. The van der Waals surface area contributed by atoms with Gasteiger partial charge in [-0.1, -0.05) is 12.1 Å². The minimum Gasteiger partial charge on any atom is -0.418 e. The number of amides is 1. The van der Waals surface area contributed by atoms with Crippen molar-refractivity contribution in [3.05, 3.63) is 33.9 Å². The SMILES string of the molecule is Cc1cccc([N+](=O)[O-])c1OC(F)(F)C(=O)NN. The highest BCUT2D eigenvalue weighted by Crippen LogP contribution is 2.34. The van der Waals surface area contributed by atoms with Crippen LogP contribution in [0.4, 0.5) is 14.5 Å². The highest BCUT2D eigenvalue weighted by atomic mass is 19.3. The lowest BCUT2D eigenvalue weighted by molar-refractivity contribution is -0.387. The van der Waals surface area contributed by atoms with Gasteiger partial charge >= 0.3 is 17.7 Å². The van der Waals surface area contributed by atoms with E-state index in [1.807, 2.05) is 0 Å². The lowest BCUT2D eigenvalue weighted by Gasteiger charge is -2.16. The minimum atomic E-state index is -4.30. The Morgan fingerprint density at radius 3 is 2.67 bits per heavy atom. The Balaban J connectivity index is 3.18. The van der Waals surface area contributed by atoms with Gasteiger partial charge in [-0.15, -0.1) is 0 Å². The van der Waals surface area contributed by atoms with E-state index in [-0.39, 0.29) is 5.56 Å². The fourth-order valence-corrected chi connectivity index (χ4v) is 1.17. The van der Waals surface area contributed by atoms with Crippen molar-refractivity contribution in [3.8, 4) is 5.75 Å². The normalized spacial score (nSPS) is 10.9. The first-order valence-electron chi connectivity index (χ1n) is 4.61. The van der Waals surface area contributed by atoms with E-state index in [0.717, 1.165) is 6.07 Å². The summed E-state index contributed by atoms with van der Waals surface area (Å²) < 4.78 is 30.5. The highest BCUT2D eigenvalue weighted by molar-refractivity contribution is 5.81. The van der Waals surface area contributed by atoms with E-state index in [9.17, 15) is 23.7 Å². The Morgan fingerprint density at radius 1 is 1.56 bits per heavy atom. The van der Waals surface area contributed by atoms with Gasteiger partial charge in [0, 0.05) is 6.07 Å². The van der Waals surface area contributed by atoms with Crippen LogP contribution in [-0.2, 0) is 4.79 Å². The van der Waals surface area contributed by atoms with Gasteiger partial charge in [-0.05, 0) is 12.5 Å². The quantitative estimate of drug-likeness (QED) is 0.362. The largest absolute Gasteiger partial charge is 0.483 e. The fourth-order valence-electron chi connectivity index (χ4n) is 1.17. The zero-order chi connectivity index (χ0) is 13.9. The third-order valence-electron chi connectivity index (χ3n) is 2.01. The molecule has 0 spiro atoms. The number of nitrogens with zero attached hydrogens (tertiary/aromatic N) is 1. The molecule has 7 nitrogen and oxygen atoms in total.